The van der Waals surface area contributed by atoms with E-state index in [9.17, 15) is 0 Å². The van der Waals surface area contributed by atoms with Crippen LogP contribution in [-0.4, -0.2) is 18.2 Å². The SMILES string of the molecule is Cl.Nc1cc(C2CCNCC2)no1. The Morgan fingerprint density at radius 3 is 2.69 bits per heavy atom. The summed E-state index contributed by atoms with van der Waals surface area (Å²) in [7, 11) is 0. The van der Waals surface area contributed by atoms with E-state index >= 15 is 0 Å². The van der Waals surface area contributed by atoms with E-state index in [1.165, 1.54) is 0 Å². The number of halogens is 1. The third-order valence-electron chi connectivity index (χ3n) is 2.30. The van der Waals surface area contributed by atoms with Gasteiger partial charge in [0.15, 0.2) is 0 Å². The highest BCUT2D eigenvalue weighted by Crippen LogP contribution is 2.24. The fourth-order valence-corrected chi connectivity index (χ4v) is 1.61. The van der Waals surface area contributed by atoms with Crippen molar-refractivity contribution >= 4 is 18.3 Å². The molecule has 0 saturated carbocycles. The molecule has 0 atom stereocenters. The maximum absolute atomic E-state index is 5.44. The highest BCUT2D eigenvalue weighted by Gasteiger charge is 2.18. The van der Waals surface area contributed by atoms with Crippen LogP contribution in [0.4, 0.5) is 5.88 Å². The lowest BCUT2D eigenvalue weighted by Gasteiger charge is -2.19. The first-order valence-corrected chi connectivity index (χ1v) is 4.29. The number of nitrogen functional groups attached to an aromatic ring is 1. The van der Waals surface area contributed by atoms with E-state index in [1.54, 1.807) is 0 Å². The zero-order valence-electron chi connectivity index (χ0n) is 7.32. The average Bonchev–Trinajstić information content (AvgIpc) is 2.54. The van der Waals surface area contributed by atoms with Crippen LogP contribution in [-0.2, 0) is 0 Å². The molecule has 0 bridgehead atoms. The van der Waals surface area contributed by atoms with E-state index in [-0.39, 0.29) is 12.4 Å². The third-order valence-corrected chi connectivity index (χ3v) is 2.30. The highest BCUT2D eigenvalue weighted by atomic mass is 35.5. The van der Waals surface area contributed by atoms with Crippen LogP contribution in [0.2, 0.25) is 0 Å². The second-order valence-corrected chi connectivity index (χ2v) is 3.18. The maximum Gasteiger partial charge on any atom is 0.222 e. The molecule has 0 amide bonds. The van der Waals surface area contributed by atoms with Gasteiger partial charge >= 0.3 is 0 Å². The van der Waals surface area contributed by atoms with Crippen LogP contribution in [0.15, 0.2) is 10.6 Å². The topological polar surface area (TPSA) is 64.1 Å². The number of anilines is 1. The molecule has 1 aliphatic heterocycles. The normalized spacial score (nSPS) is 18.2. The van der Waals surface area contributed by atoms with E-state index in [2.05, 4.69) is 10.5 Å². The molecule has 74 valence electrons. The van der Waals surface area contributed by atoms with Gasteiger partial charge in [-0.3, -0.25) is 0 Å². The van der Waals surface area contributed by atoms with Crippen LogP contribution >= 0.6 is 12.4 Å². The molecule has 5 heteroatoms. The van der Waals surface area contributed by atoms with E-state index in [0.717, 1.165) is 31.6 Å². The van der Waals surface area contributed by atoms with Gasteiger partial charge in [-0.25, -0.2) is 0 Å². The van der Waals surface area contributed by atoms with Crippen LogP contribution in [0.25, 0.3) is 0 Å². The van der Waals surface area contributed by atoms with Gasteiger partial charge in [0.25, 0.3) is 0 Å². The minimum Gasteiger partial charge on any atom is -0.368 e. The molecule has 1 aromatic heterocycles. The van der Waals surface area contributed by atoms with Crippen LogP contribution in [0, 0.1) is 0 Å². The van der Waals surface area contributed by atoms with Crippen molar-refractivity contribution < 1.29 is 4.52 Å². The number of rotatable bonds is 1. The van der Waals surface area contributed by atoms with Crippen LogP contribution < -0.4 is 11.1 Å². The first-order valence-electron chi connectivity index (χ1n) is 4.29. The number of nitrogens with zero attached hydrogens (tertiary/aromatic N) is 1. The predicted octanol–water partition coefficient (Wildman–Crippen LogP) is 1.15. The van der Waals surface area contributed by atoms with Crippen LogP contribution in [0.5, 0.6) is 0 Å². The monoisotopic (exact) mass is 203 g/mol. The smallest absolute Gasteiger partial charge is 0.222 e. The van der Waals surface area contributed by atoms with E-state index < -0.39 is 0 Å². The molecule has 1 fully saturated rings. The summed E-state index contributed by atoms with van der Waals surface area (Å²) >= 11 is 0. The Morgan fingerprint density at radius 1 is 1.46 bits per heavy atom. The molecule has 2 heterocycles. The van der Waals surface area contributed by atoms with Crippen molar-refractivity contribution in [2.45, 2.75) is 18.8 Å². The fourth-order valence-electron chi connectivity index (χ4n) is 1.61. The van der Waals surface area contributed by atoms with Gasteiger partial charge in [0.05, 0.1) is 5.69 Å². The third kappa shape index (κ3) is 2.35. The van der Waals surface area contributed by atoms with Crippen LogP contribution in [0.1, 0.15) is 24.5 Å². The predicted molar refractivity (Wildman–Crippen MR) is 53.0 cm³/mol. The second-order valence-electron chi connectivity index (χ2n) is 3.18. The second kappa shape index (κ2) is 4.48. The van der Waals surface area contributed by atoms with Crippen molar-refractivity contribution in [2.75, 3.05) is 18.8 Å². The standard InChI is InChI=1S/C8H13N3O.ClH/c9-8-5-7(11-12-8)6-1-3-10-4-2-6;/h5-6,10H,1-4,9H2;1H. The number of nitrogens with one attached hydrogen (secondary N) is 1. The van der Waals surface area contributed by atoms with Gasteiger partial charge in [-0.15, -0.1) is 12.4 Å². The molecule has 0 radical (unpaired) electrons. The van der Waals surface area contributed by atoms with E-state index in [0.29, 0.717) is 11.8 Å². The summed E-state index contributed by atoms with van der Waals surface area (Å²) in [5, 5.41) is 7.21. The van der Waals surface area contributed by atoms with Crippen molar-refractivity contribution in [2.24, 2.45) is 0 Å². The lowest BCUT2D eigenvalue weighted by molar-refractivity contribution is 0.394. The minimum atomic E-state index is 0. The van der Waals surface area contributed by atoms with Gasteiger partial charge in [-0.2, -0.15) is 0 Å². The highest BCUT2D eigenvalue weighted by molar-refractivity contribution is 5.85. The van der Waals surface area contributed by atoms with Crippen LogP contribution in [0.3, 0.4) is 0 Å². The van der Waals surface area contributed by atoms with Gasteiger partial charge in [0.2, 0.25) is 5.88 Å². The molecule has 3 N–H and O–H groups in total. The summed E-state index contributed by atoms with van der Waals surface area (Å²) in [6.07, 6.45) is 2.26. The quantitative estimate of drug-likeness (QED) is 0.719. The van der Waals surface area contributed by atoms with Crippen molar-refractivity contribution in [1.82, 2.24) is 10.5 Å². The van der Waals surface area contributed by atoms with Crippen molar-refractivity contribution in [1.29, 1.82) is 0 Å². The van der Waals surface area contributed by atoms with E-state index in [4.69, 9.17) is 10.3 Å². The molecule has 1 aliphatic rings. The lowest BCUT2D eigenvalue weighted by atomic mass is 9.95. The Balaban J connectivity index is 0.000000845. The molecule has 4 nitrogen and oxygen atoms in total. The molecule has 13 heavy (non-hydrogen) atoms. The summed E-state index contributed by atoms with van der Waals surface area (Å²) in [5.74, 6) is 0.954. The fraction of sp³-hybridized carbons (Fsp3) is 0.625. The van der Waals surface area contributed by atoms with Crippen molar-refractivity contribution in [3.05, 3.63) is 11.8 Å². The molecular formula is C8H14ClN3O. The average molecular weight is 204 g/mol. The molecule has 2 rings (SSSR count). The Bertz CT molecular complexity index is 258. The molecule has 0 spiro atoms. The molecule has 0 unspecified atom stereocenters. The lowest BCUT2D eigenvalue weighted by Crippen LogP contribution is -2.26. The van der Waals surface area contributed by atoms with Crippen molar-refractivity contribution in [3.63, 3.8) is 0 Å². The number of hydrogen-bond donors (Lipinski definition) is 2. The van der Waals surface area contributed by atoms with E-state index in [1.807, 2.05) is 6.07 Å². The Hall–Kier alpha value is -0.740. The Kier molecular flexibility index (Phi) is 3.57. The minimum absolute atomic E-state index is 0. The molecule has 1 saturated heterocycles. The summed E-state index contributed by atoms with van der Waals surface area (Å²) in [4.78, 5) is 0. The maximum atomic E-state index is 5.44. The van der Waals surface area contributed by atoms with Gasteiger partial charge < -0.3 is 15.6 Å². The zero-order chi connectivity index (χ0) is 8.39. The number of nitrogens with two attached hydrogens (primary N) is 1. The summed E-state index contributed by atoms with van der Waals surface area (Å²) in [5.41, 5.74) is 6.45. The van der Waals surface area contributed by atoms with Gasteiger partial charge in [-0.05, 0) is 25.9 Å². The molecule has 0 aliphatic carbocycles. The summed E-state index contributed by atoms with van der Waals surface area (Å²) in [6.45, 7) is 2.13. The Morgan fingerprint density at radius 2 is 2.15 bits per heavy atom. The Labute approximate surface area is 83.3 Å². The largest absolute Gasteiger partial charge is 0.368 e. The first kappa shape index (κ1) is 10.3. The summed E-state index contributed by atoms with van der Waals surface area (Å²) < 4.78 is 4.83. The number of hydrogen-bond acceptors (Lipinski definition) is 4. The molecule has 1 aromatic rings. The zero-order valence-corrected chi connectivity index (χ0v) is 8.14. The van der Waals surface area contributed by atoms with Gasteiger partial charge in [-0.1, -0.05) is 5.16 Å². The first-order chi connectivity index (χ1) is 5.86. The molecule has 0 aromatic carbocycles. The number of piperidine rings is 1. The van der Waals surface area contributed by atoms with Crippen molar-refractivity contribution in [3.8, 4) is 0 Å². The van der Waals surface area contributed by atoms with Gasteiger partial charge in [0, 0.05) is 12.0 Å². The summed E-state index contributed by atoms with van der Waals surface area (Å²) in [6, 6.07) is 1.83. The molecular weight excluding hydrogens is 190 g/mol. The van der Waals surface area contributed by atoms with Gasteiger partial charge in [0.1, 0.15) is 0 Å². The number of aromatic nitrogens is 1.